The number of hydrogen-bond acceptors (Lipinski definition) is 4. The molecule has 37 heavy (non-hydrogen) atoms. The number of fused-ring (bicyclic) bond motifs is 1. The number of benzene rings is 2. The highest BCUT2D eigenvalue weighted by Crippen LogP contribution is 2.40. The summed E-state index contributed by atoms with van der Waals surface area (Å²) in [4.78, 5) is 6.44. The molecule has 1 aromatic heterocycles. The van der Waals surface area contributed by atoms with E-state index < -0.39 is 34.6 Å². The fourth-order valence-corrected chi connectivity index (χ4v) is 4.99. The number of hydrogen-bond donors (Lipinski definition) is 1. The van der Waals surface area contributed by atoms with Crippen molar-refractivity contribution in [3.63, 3.8) is 0 Å². The molecule has 0 amide bonds. The van der Waals surface area contributed by atoms with Crippen molar-refractivity contribution < 1.29 is 27.4 Å². The Kier molecular flexibility index (Phi) is 8.35. The third-order valence-electron chi connectivity index (χ3n) is 7.33. The number of aromatic nitrogens is 1. The molecular formula is C29H30F4N2O2. The van der Waals surface area contributed by atoms with Crippen LogP contribution in [-0.4, -0.2) is 48.3 Å². The molecule has 2 heterocycles. The van der Waals surface area contributed by atoms with Crippen LogP contribution >= 0.6 is 0 Å². The van der Waals surface area contributed by atoms with Crippen molar-refractivity contribution in [3.8, 4) is 17.6 Å². The predicted molar refractivity (Wildman–Crippen MR) is 135 cm³/mol. The highest BCUT2D eigenvalue weighted by Gasteiger charge is 2.34. The van der Waals surface area contributed by atoms with Gasteiger partial charge in [-0.05, 0) is 80.4 Å². The number of ether oxygens (including phenoxy) is 1. The third-order valence-corrected chi connectivity index (χ3v) is 7.33. The summed E-state index contributed by atoms with van der Waals surface area (Å²) in [5.74, 6) is 2.81. The zero-order valence-electron chi connectivity index (χ0n) is 21.0. The van der Waals surface area contributed by atoms with Crippen molar-refractivity contribution in [2.45, 2.75) is 38.8 Å². The monoisotopic (exact) mass is 514 g/mol. The molecule has 8 heteroatoms. The summed E-state index contributed by atoms with van der Waals surface area (Å²) in [6.45, 7) is 3.32. The molecule has 4 rings (SSSR count). The van der Waals surface area contributed by atoms with Gasteiger partial charge in [-0.1, -0.05) is 11.8 Å². The molecular weight excluding hydrogens is 484 g/mol. The van der Waals surface area contributed by atoms with Crippen LogP contribution in [0.25, 0.3) is 10.9 Å². The van der Waals surface area contributed by atoms with Crippen LogP contribution in [0.5, 0.6) is 5.75 Å². The summed E-state index contributed by atoms with van der Waals surface area (Å²) in [5.41, 5.74) is 1.22. The fourth-order valence-electron chi connectivity index (χ4n) is 4.99. The molecule has 1 saturated heterocycles. The fraction of sp³-hybridized carbons (Fsp3) is 0.414. The highest BCUT2D eigenvalue weighted by molar-refractivity contribution is 5.84. The standard InChI is InChI=1S/C29H30F4N2O2/c1-19-17-34-27-6-5-21(37-2)16-23(27)28(19)24(31)7-8-29(18-36)9-12-35(13-10-29)11-3-4-22-25(32)14-20(30)15-26(22)33/h5-6,14-17,24,36H,7-13,18H2,1-2H3/t24-/m0/s1. The summed E-state index contributed by atoms with van der Waals surface area (Å²) in [5, 5.41) is 10.9. The molecule has 1 aliphatic rings. The van der Waals surface area contributed by atoms with E-state index in [1.165, 1.54) is 0 Å². The van der Waals surface area contributed by atoms with Crippen molar-refractivity contribution in [1.29, 1.82) is 0 Å². The summed E-state index contributed by atoms with van der Waals surface area (Å²) in [6, 6.07) is 6.63. The normalized spacial score (nSPS) is 16.3. The summed E-state index contributed by atoms with van der Waals surface area (Å²) < 4.78 is 61.6. The Morgan fingerprint density at radius 2 is 1.84 bits per heavy atom. The average Bonchev–Trinajstić information content (AvgIpc) is 2.89. The predicted octanol–water partition coefficient (Wildman–Crippen LogP) is 5.89. The van der Waals surface area contributed by atoms with Crippen molar-refractivity contribution in [3.05, 3.63) is 70.7 Å². The van der Waals surface area contributed by atoms with Crippen molar-refractivity contribution >= 4 is 10.9 Å². The number of rotatable bonds is 7. The number of likely N-dealkylation sites (tertiary alicyclic amines) is 1. The Hall–Kier alpha value is -3.15. The van der Waals surface area contributed by atoms with E-state index in [4.69, 9.17) is 4.74 Å². The van der Waals surface area contributed by atoms with E-state index in [0.29, 0.717) is 61.3 Å². The van der Waals surface area contributed by atoms with E-state index in [-0.39, 0.29) is 19.6 Å². The maximum Gasteiger partial charge on any atom is 0.144 e. The molecule has 3 aromatic rings. The van der Waals surface area contributed by atoms with Crippen LogP contribution in [0.15, 0.2) is 36.5 Å². The zero-order chi connectivity index (χ0) is 26.6. The molecule has 1 atom stereocenters. The van der Waals surface area contributed by atoms with E-state index >= 15 is 4.39 Å². The molecule has 1 fully saturated rings. The van der Waals surface area contributed by atoms with Gasteiger partial charge >= 0.3 is 0 Å². The van der Waals surface area contributed by atoms with Crippen LogP contribution in [0.4, 0.5) is 17.6 Å². The minimum Gasteiger partial charge on any atom is -0.497 e. The minimum absolute atomic E-state index is 0.0465. The number of nitrogens with zero attached hydrogens (tertiary/aromatic N) is 2. The van der Waals surface area contributed by atoms with Gasteiger partial charge in [0.1, 0.15) is 29.4 Å². The number of aliphatic hydroxyl groups is 1. The lowest BCUT2D eigenvalue weighted by Crippen LogP contribution is -2.42. The second-order valence-corrected chi connectivity index (χ2v) is 9.72. The summed E-state index contributed by atoms with van der Waals surface area (Å²) >= 11 is 0. The van der Waals surface area contributed by atoms with Gasteiger partial charge in [0, 0.05) is 30.3 Å². The quantitative estimate of drug-likeness (QED) is 0.316. The second kappa shape index (κ2) is 11.5. The van der Waals surface area contributed by atoms with Crippen molar-refractivity contribution in [2.24, 2.45) is 5.41 Å². The number of piperidine rings is 1. The molecule has 0 spiro atoms. The third kappa shape index (κ3) is 6.06. The van der Waals surface area contributed by atoms with E-state index in [0.717, 1.165) is 10.9 Å². The smallest absolute Gasteiger partial charge is 0.144 e. The van der Waals surface area contributed by atoms with Crippen LogP contribution in [0.2, 0.25) is 0 Å². The Morgan fingerprint density at radius 3 is 2.49 bits per heavy atom. The SMILES string of the molecule is COc1ccc2ncc(C)c([C@@H](F)CCC3(CO)CCN(CC#Cc4c(F)cc(F)cc4F)CC3)c2c1. The molecule has 0 aliphatic carbocycles. The van der Waals surface area contributed by atoms with Gasteiger partial charge in [0.2, 0.25) is 0 Å². The zero-order valence-corrected chi connectivity index (χ0v) is 21.0. The molecule has 1 N–H and O–H groups in total. The van der Waals surface area contributed by atoms with E-state index in [9.17, 15) is 18.3 Å². The van der Waals surface area contributed by atoms with Gasteiger partial charge in [0.15, 0.2) is 0 Å². The Morgan fingerprint density at radius 1 is 1.14 bits per heavy atom. The first-order valence-corrected chi connectivity index (χ1v) is 12.3. The van der Waals surface area contributed by atoms with Crippen LogP contribution in [0, 0.1) is 41.6 Å². The largest absolute Gasteiger partial charge is 0.497 e. The average molecular weight is 515 g/mol. The molecule has 0 unspecified atom stereocenters. The van der Waals surface area contributed by atoms with E-state index in [2.05, 4.69) is 16.8 Å². The molecule has 2 aromatic carbocycles. The lowest BCUT2D eigenvalue weighted by atomic mass is 9.74. The van der Waals surface area contributed by atoms with Crippen LogP contribution in [0.3, 0.4) is 0 Å². The first-order valence-electron chi connectivity index (χ1n) is 12.3. The maximum absolute atomic E-state index is 15.7. The molecule has 1 aliphatic heterocycles. The highest BCUT2D eigenvalue weighted by atomic mass is 19.1. The summed E-state index contributed by atoms with van der Waals surface area (Å²) in [6.07, 6.45) is 2.55. The summed E-state index contributed by atoms with van der Waals surface area (Å²) in [7, 11) is 1.57. The van der Waals surface area contributed by atoms with Gasteiger partial charge in [-0.25, -0.2) is 17.6 Å². The number of pyridine rings is 1. The van der Waals surface area contributed by atoms with Gasteiger partial charge in [-0.15, -0.1) is 0 Å². The number of aliphatic hydroxyl groups excluding tert-OH is 1. The molecule has 196 valence electrons. The molecule has 0 bridgehead atoms. The van der Waals surface area contributed by atoms with Gasteiger partial charge in [-0.2, -0.15) is 0 Å². The van der Waals surface area contributed by atoms with Gasteiger partial charge in [0.25, 0.3) is 0 Å². The Bertz CT molecular complexity index is 1300. The second-order valence-electron chi connectivity index (χ2n) is 9.72. The van der Waals surface area contributed by atoms with Crippen LogP contribution in [0.1, 0.15) is 48.5 Å². The van der Waals surface area contributed by atoms with Gasteiger partial charge < -0.3 is 9.84 Å². The molecule has 0 radical (unpaired) electrons. The first kappa shape index (κ1) is 26.9. The first-order chi connectivity index (χ1) is 17.7. The topological polar surface area (TPSA) is 45.6 Å². The van der Waals surface area contributed by atoms with Crippen LogP contribution in [-0.2, 0) is 0 Å². The number of halogens is 4. The number of alkyl halides is 1. The number of methoxy groups -OCH3 is 1. The number of aryl methyl sites for hydroxylation is 1. The maximum atomic E-state index is 15.7. The Labute approximate surface area is 214 Å². The lowest BCUT2D eigenvalue weighted by molar-refractivity contribution is 0.0344. The van der Waals surface area contributed by atoms with E-state index in [1.54, 1.807) is 19.4 Å². The van der Waals surface area contributed by atoms with Crippen molar-refractivity contribution in [1.82, 2.24) is 9.88 Å². The van der Waals surface area contributed by atoms with Crippen LogP contribution < -0.4 is 4.74 Å². The Balaban J connectivity index is 1.38. The van der Waals surface area contributed by atoms with E-state index in [1.807, 2.05) is 24.0 Å². The lowest BCUT2D eigenvalue weighted by Gasteiger charge is -2.40. The van der Waals surface area contributed by atoms with Gasteiger partial charge in [0.05, 0.1) is 24.7 Å². The minimum atomic E-state index is -1.22. The molecule has 0 saturated carbocycles. The van der Waals surface area contributed by atoms with Crippen molar-refractivity contribution in [2.75, 3.05) is 33.4 Å². The van der Waals surface area contributed by atoms with Gasteiger partial charge in [-0.3, -0.25) is 9.88 Å². The molecule has 4 nitrogen and oxygen atoms in total.